The lowest BCUT2D eigenvalue weighted by atomic mass is 10.1. The molecule has 2 N–H and O–H groups in total. The summed E-state index contributed by atoms with van der Waals surface area (Å²) in [5, 5.41) is 8.53. The Kier molecular flexibility index (Phi) is 6.55. The molecule has 0 radical (unpaired) electrons. The molecule has 0 heterocycles. The zero-order valence-electron chi connectivity index (χ0n) is 13.8. The van der Waals surface area contributed by atoms with Crippen LogP contribution in [0.25, 0.3) is 10.8 Å². The largest absolute Gasteiger partial charge is 0.483 e. The summed E-state index contributed by atoms with van der Waals surface area (Å²) in [5.74, 6) is 0.185. The molecular formula is C19H13BrCl2N2O2S. The molecule has 1 amide bonds. The van der Waals surface area contributed by atoms with E-state index in [1.807, 2.05) is 36.4 Å². The average molecular weight is 484 g/mol. The lowest BCUT2D eigenvalue weighted by molar-refractivity contribution is -0.121. The first kappa shape index (κ1) is 19.9. The molecule has 4 nitrogen and oxygen atoms in total. The number of carbonyl (C=O) groups is 1. The van der Waals surface area contributed by atoms with Crippen molar-refractivity contribution < 1.29 is 9.53 Å². The number of ether oxygens (including phenoxy) is 1. The molecule has 27 heavy (non-hydrogen) atoms. The molecule has 0 aliphatic rings. The van der Waals surface area contributed by atoms with Crippen LogP contribution < -0.4 is 15.4 Å². The van der Waals surface area contributed by atoms with Gasteiger partial charge in [0.2, 0.25) is 0 Å². The van der Waals surface area contributed by atoms with Crippen molar-refractivity contribution in [3.8, 4) is 5.75 Å². The van der Waals surface area contributed by atoms with Gasteiger partial charge in [-0.3, -0.25) is 10.1 Å². The first-order valence-corrected chi connectivity index (χ1v) is 9.75. The molecule has 3 aromatic carbocycles. The highest BCUT2D eigenvalue weighted by molar-refractivity contribution is 9.10. The van der Waals surface area contributed by atoms with Gasteiger partial charge in [0.25, 0.3) is 5.91 Å². The summed E-state index contributed by atoms with van der Waals surface area (Å²) in [7, 11) is 0. The van der Waals surface area contributed by atoms with Crippen molar-refractivity contribution in [2.75, 3.05) is 11.9 Å². The molecule has 0 bridgehead atoms. The van der Waals surface area contributed by atoms with Crippen molar-refractivity contribution in [1.29, 1.82) is 0 Å². The van der Waals surface area contributed by atoms with E-state index < -0.39 is 0 Å². The number of thiocarbonyl (C=S) groups is 1. The predicted molar refractivity (Wildman–Crippen MR) is 118 cm³/mol. The second-order valence-corrected chi connectivity index (χ2v) is 7.62. The maximum absolute atomic E-state index is 12.1. The Bertz CT molecular complexity index is 1010. The third kappa shape index (κ3) is 5.32. The normalized spacial score (nSPS) is 10.5. The molecule has 0 fully saturated rings. The minimum Gasteiger partial charge on any atom is -0.483 e. The molecule has 0 aliphatic heterocycles. The minimum atomic E-state index is -0.388. The number of carbonyl (C=O) groups excluding carboxylic acids is 1. The van der Waals surface area contributed by atoms with Crippen LogP contribution in [0.15, 0.2) is 59.1 Å². The summed E-state index contributed by atoms with van der Waals surface area (Å²) in [5.41, 5.74) is 0.580. The lowest BCUT2D eigenvalue weighted by Crippen LogP contribution is -2.37. The molecular weight excluding hydrogens is 471 g/mol. The summed E-state index contributed by atoms with van der Waals surface area (Å²) >= 11 is 20.5. The van der Waals surface area contributed by atoms with Crippen LogP contribution >= 0.6 is 51.3 Å². The fourth-order valence-corrected chi connectivity index (χ4v) is 3.78. The molecule has 138 valence electrons. The molecule has 0 saturated carbocycles. The number of halogens is 3. The van der Waals surface area contributed by atoms with Crippen LogP contribution in [0.4, 0.5) is 5.69 Å². The Balaban J connectivity index is 1.58. The zero-order chi connectivity index (χ0) is 19.4. The van der Waals surface area contributed by atoms with E-state index in [9.17, 15) is 4.79 Å². The predicted octanol–water partition coefficient (Wildman–Crippen LogP) is 5.80. The third-order valence-electron chi connectivity index (χ3n) is 3.56. The number of hydrogen-bond donors (Lipinski definition) is 2. The fourth-order valence-electron chi connectivity index (χ4n) is 2.42. The number of nitrogens with one attached hydrogen (secondary N) is 2. The summed E-state index contributed by atoms with van der Waals surface area (Å²) in [6, 6.07) is 16.5. The van der Waals surface area contributed by atoms with E-state index in [1.165, 1.54) is 0 Å². The standard InChI is InChI=1S/C19H13BrCl2N2O2S/c20-18-15-4-2-1-3-11(15)5-6-16(18)26-10-17(25)24-19(27)23-14-8-12(21)7-13(22)9-14/h1-9H,10H2,(H2,23,24,25,27). The molecule has 0 saturated heterocycles. The Hall–Kier alpha value is -1.86. The molecule has 8 heteroatoms. The smallest absolute Gasteiger partial charge is 0.264 e. The van der Waals surface area contributed by atoms with E-state index in [0.717, 1.165) is 15.2 Å². The fraction of sp³-hybridized carbons (Fsp3) is 0.0526. The topological polar surface area (TPSA) is 50.4 Å². The van der Waals surface area contributed by atoms with Crippen LogP contribution in [0, 0.1) is 0 Å². The van der Waals surface area contributed by atoms with Gasteiger partial charge < -0.3 is 10.1 Å². The van der Waals surface area contributed by atoms with Gasteiger partial charge in [-0.2, -0.15) is 0 Å². The second-order valence-electron chi connectivity index (χ2n) is 5.55. The van der Waals surface area contributed by atoms with Crippen molar-refractivity contribution in [1.82, 2.24) is 5.32 Å². The first-order valence-electron chi connectivity index (χ1n) is 7.79. The monoisotopic (exact) mass is 482 g/mol. The van der Waals surface area contributed by atoms with Crippen molar-refractivity contribution >= 4 is 78.8 Å². The van der Waals surface area contributed by atoms with Crippen LogP contribution in [0.2, 0.25) is 10.0 Å². The second kappa shape index (κ2) is 8.89. The van der Waals surface area contributed by atoms with E-state index in [2.05, 4.69) is 26.6 Å². The number of hydrogen-bond acceptors (Lipinski definition) is 3. The van der Waals surface area contributed by atoms with Crippen molar-refractivity contribution in [3.05, 3.63) is 69.1 Å². The molecule has 3 rings (SSSR count). The first-order chi connectivity index (χ1) is 12.9. The van der Waals surface area contributed by atoms with E-state index in [4.69, 9.17) is 40.2 Å². The van der Waals surface area contributed by atoms with Crippen LogP contribution in [0.3, 0.4) is 0 Å². The highest BCUT2D eigenvalue weighted by atomic mass is 79.9. The maximum atomic E-state index is 12.1. The molecule has 0 aromatic heterocycles. The summed E-state index contributed by atoms with van der Waals surface area (Å²) < 4.78 is 6.40. The van der Waals surface area contributed by atoms with E-state index >= 15 is 0 Å². The summed E-state index contributed by atoms with van der Waals surface area (Å²) in [6.07, 6.45) is 0. The van der Waals surface area contributed by atoms with Gasteiger partial charge in [-0.05, 0) is 63.2 Å². The van der Waals surface area contributed by atoms with Crippen LogP contribution in [0.5, 0.6) is 5.75 Å². The number of benzene rings is 3. The number of anilines is 1. The molecule has 0 atom stereocenters. The molecule has 0 unspecified atom stereocenters. The SMILES string of the molecule is O=C(COc1ccc2ccccc2c1Br)NC(=S)Nc1cc(Cl)cc(Cl)c1. The molecule has 0 aliphatic carbocycles. The molecule has 0 spiro atoms. The van der Waals surface area contributed by atoms with E-state index in [0.29, 0.717) is 21.5 Å². The van der Waals surface area contributed by atoms with Crippen LogP contribution in [-0.4, -0.2) is 17.6 Å². The Morgan fingerprint density at radius 2 is 1.78 bits per heavy atom. The third-order valence-corrected chi connectivity index (χ3v) is 5.02. The van der Waals surface area contributed by atoms with E-state index in [-0.39, 0.29) is 17.6 Å². The van der Waals surface area contributed by atoms with E-state index in [1.54, 1.807) is 18.2 Å². The summed E-state index contributed by atoms with van der Waals surface area (Å²) in [6.45, 7) is -0.185. The van der Waals surface area contributed by atoms with Crippen LogP contribution in [-0.2, 0) is 4.79 Å². The van der Waals surface area contributed by atoms with Crippen molar-refractivity contribution in [2.24, 2.45) is 0 Å². The Labute approximate surface area is 179 Å². The van der Waals surface area contributed by atoms with Gasteiger partial charge in [-0.15, -0.1) is 0 Å². The Morgan fingerprint density at radius 3 is 2.52 bits per heavy atom. The quantitative estimate of drug-likeness (QED) is 0.460. The number of amides is 1. The average Bonchev–Trinajstić information content (AvgIpc) is 2.60. The molecule has 3 aromatic rings. The number of fused-ring (bicyclic) bond motifs is 1. The maximum Gasteiger partial charge on any atom is 0.264 e. The van der Waals surface area contributed by atoms with Gasteiger partial charge in [0.1, 0.15) is 5.75 Å². The summed E-state index contributed by atoms with van der Waals surface area (Å²) in [4.78, 5) is 12.1. The van der Waals surface area contributed by atoms with Crippen molar-refractivity contribution in [3.63, 3.8) is 0 Å². The van der Waals surface area contributed by atoms with Crippen molar-refractivity contribution in [2.45, 2.75) is 0 Å². The zero-order valence-corrected chi connectivity index (χ0v) is 17.7. The minimum absolute atomic E-state index is 0.125. The van der Waals surface area contributed by atoms with Gasteiger partial charge in [-0.1, -0.05) is 53.5 Å². The van der Waals surface area contributed by atoms with Gasteiger partial charge in [0, 0.05) is 15.7 Å². The highest BCUT2D eigenvalue weighted by Crippen LogP contribution is 2.32. The van der Waals surface area contributed by atoms with Crippen LogP contribution in [0.1, 0.15) is 0 Å². The lowest BCUT2D eigenvalue weighted by Gasteiger charge is -2.12. The van der Waals surface area contributed by atoms with Gasteiger partial charge in [0.05, 0.1) is 4.47 Å². The van der Waals surface area contributed by atoms with Gasteiger partial charge in [0.15, 0.2) is 11.7 Å². The van der Waals surface area contributed by atoms with Gasteiger partial charge >= 0.3 is 0 Å². The highest BCUT2D eigenvalue weighted by Gasteiger charge is 2.10. The van der Waals surface area contributed by atoms with Gasteiger partial charge in [-0.25, -0.2) is 0 Å². The number of rotatable bonds is 4. The Morgan fingerprint density at radius 1 is 1.07 bits per heavy atom.